The number of aromatic nitrogens is 1. The third-order valence-corrected chi connectivity index (χ3v) is 8.43. The highest BCUT2D eigenvalue weighted by molar-refractivity contribution is 7.89. The van der Waals surface area contributed by atoms with E-state index in [1.165, 1.54) is 11.3 Å². The molecule has 0 bridgehead atoms. The number of urea groups is 1. The molecule has 0 radical (unpaired) electrons. The molecular weight excluding hydrogens is 536 g/mol. The van der Waals surface area contributed by atoms with E-state index in [1.54, 1.807) is 55.8 Å². The Labute approximate surface area is 231 Å². The standard InChI is InChI=1S/C28H28N4O5S2/c1-17-13-18(2)25(19(3)14-17)39(36,37)32-24(26(33)34)15-20-7-9-21(10-8-20)22-5-4-6-23(16-22)30-27(35)31-28-29-11-12-38-28/h4-14,16,24,32H,15H2,1-3H3,(H,33,34)(H2,29,30,31,35)/t24-/m0/s1. The zero-order chi connectivity index (χ0) is 28.2. The molecule has 202 valence electrons. The Morgan fingerprint density at radius 2 is 1.64 bits per heavy atom. The molecule has 11 heteroatoms. The highest BCUT2D eigenvalue weighted by Gasteiger charge is 2.28. The van der Waals surface area contributed by atoms with Crippen molar-refractivity contribution in [3.63, 3.8) is 0 Å². The van der Waals surface area contributed by atoms with Crippen LogP contribution < -0.4 is 15.4 Å². The number of sulfonamides is 1. The fourth-order valence-electron chi connectivity index (χ4n) is 4.41. The third kappa shape index (κ3) is 7.08. The third-order valence-electron chi connectivity index (χ3n) is 5.97. The van der Waals surface area contributed by atoms with Crippen LogP contribution in [0.5, 0.6) is 0 Å². The second-order valence-corrected chi connectivity index (χ2v) is 11.7. The number of carbonyl (C=O) groups is 2. The molecule has 2 amide bonds. The number of benzene rings is 3. The van der Waals surface area contributed by atoms with E-state index in [0.717, 1.165) is 16.7 Å². The Kier molecular flexibility index (Phi) is 8.44. The largest absolute Gasteiger partial charge is 0.480 e. The van der Waals surface area contributed by atoms with Gasteiger partial charge in [0, 0.05) is 17.3 Å². The van der Waals surface area contributed by atoms with Crippen molar-refractivity contribution in [2.45, 2.75) is 38.1 Å². The van der Waals surface area contributed by atoms with Crippen LogP contribution in [0, 0.1) is 20.8 Å². The molecule has 9 nitrogen and oxygen atoms in total. The summed E-state index contributed by atoms with van der Waals surface area (Å²) in [6.07, 6.45) is 1.57. The highest BCUT2D eigenvalue weighted by atomic mass is 32.2. The maximum atomic E-state index is 13.1. The summed E-state index contributed by atoms with van der Waals surface area (Å²) >= 11 is 1.31. The minimum absolute atomic E-state index is 0.0304. The van der Waals surface area contributed by atoms with Crippen molar-refractivity contribution >= 4 is 44.2 Å². The second-order valence-electron chi connectivity index (χ2n) is 9.14. The number of nitrogens with zero attached hydrogens (tertiary/aromatic N) is 1. The zero-order valence-corrected chi connectivity index (χ0v) is 23.2. The van der Waals surface area contributed by atoms with Crippen LogP contribution in [0.25, 0.3) is 11.1 Å². The van der Waals surface area contributed by atoms with E-state index in [1.807, 2.05) is 37.3 Å². The summed E-state index contributed by atoms with van der Waals surface area (Å²) < 4.78 is 28.6. The topological polar surface area (TPSA) is 137 Å². The van der Waals surface area contributed by atoms with Crippen LogP contribution in [0.4, 0.5) is 15.6 Å². The number of nitrogens with one attached hydrogen (secondary N) is 3. The predicted molar refractivity (Wildman–Crippen MR) is 153 cm³/mol. The monoisotopic (exact) mass is 564 g/mol. The number of carboxylic acids is 1. The van der Waals surface area contributed by atoms with Crippen LogP contribution in [0.2, 0.25) is 0 Å². The van der Waals surface area contributed by atoms with Gasteiger partial charge in [0.25, 0.3) is 0 Å². The lowest BCUT2D eigenvalue weighted by atomic mass is 10.0. The van der Waals surface area contributed by atoms with E-state index in [9.17, 15) is 23.1 Å². The van der Waals surface area contributed by atoms with E-state index in [0.29, 0.717) is 27.5 Å². The molecule has 4 N–H and O–H groups in total. The quantitative estimate of drug-likeness (QED) is 0.216. The van der Waals surface area contributed by atoms with E-state index < -0.39 is 28.1 Å². The number of amides is 2. The lowest BCUT2D eigenvalue weighted by Gasteiger charge is -2.18. The highest BCUT2D eigenvalue weighted by Crippen LogP contribution is 2.25. The first-order valence-electron chi connectivity index (χ1n) is 12.0. The van der Waals surface area contributed by atoms with Gasteiger partial charge in [0.1, 0.15) is 6.04 Å². The van der Waals surface area contributed by atoms with Crippen molar-refractivity contribution < 1.29 is 23.1 Å². The minimum atomic E-state index is -4.06. The molecule has 0 aliphatic heterocycles. The SMILES string of the molecule is Cc1cc(C)c(S(=O)(=O)N[C@@H](Cc2ccc(-c3cccc(NC(=O)Nc4nccs4)c3)cc2)C(=O)O)c(C)c1. The summed E-state index contributed by atoms with van der Waals surface area (Å²) in [6.45, 7) is 5.27. The fourth-order valence-corrected chi connectivity index (χ4v) is 6.57. The Bertz CT molecular complexity index is 1580. The van der Waals surface area contributed by atoms with Gasteiger partial charge in [-0.1, -0.05) is 54.1 Å². The van der Waals surface area contributed by atoms with Crippen LogP contribution in [-0.4, -0.2) is 36.6 Å². The number of hydrogen-bond acceptors (Lipinski definition) is 6. The summed E-state index contributed by atoms with van der Waals surface area (Å²) in [5, 5.41) is 17.5. The molecule has 3 aromatic carbocycles. The summed E-state index contributed by atoms with van der Waals surface area (Å²) in [5.74, 6) is -1.26. The van der Waals surface area contributed by atoms with Gasteiger partial charge >= 0.3 is 12.0 Å². The second kappa shape index (κ2) is 11.8. The Morgan fingerprint density at radius 1 is 0.949 bits per heavy atom. The molecule has 0 fully saturated rings. The van der Waals surface area contributed by atoms with Gasteiger partial charge in [-0.15, -0.1) is 11.3 Å². The number of carboxylic acid groups (broad SMARTS) is 1. The van der Waals surface area contributed by atoms with Crippen molar-refractivity contribution in [1.29, 1.82) is 0 Å². The molecule has 0 unspecified atom stereocenters. The first kappa shape index (κ1) is 28.0. The van der Waals surface area contributed by atoms with Gasteiger partial charge in [-0.25, -0.2) is 18.2 Å². The Balaban J connectivity index is 1.46. The van der Waals surface area contributed by atoms with Crippen LogP contribution in [0.3, 0.4) is 0 Å². The average molecular weight is 565 g/mol. The summed E-state index contributed by atoms with van der Waals surface area (Å²) in [5.41, 5.74) is 4.99. The van der Waals surface area contributed by atoms with Gasteiger partial charge in [-0.05, 0) is 67.1 Å². The van der Waals surface area contributed by atoms with Gasteiger partial charge in [0.15, 0.2) is 5.13 Å². The van der Waals surface area contributed by atoms with Gasteiger partial charge < -0.3 is 10.4 Å². The van der Waals surface area contributed by atoms with Crippen LogP contribution in [0.15, 0.2) is 77.1 Å². The number of anilines is 2. The number of aryl methyl sites for hydroxylation is 3. The smallest absolute Gasteiger partial charge is 0.325 e. The van der Waals surface area contributed by atoms with E-state index in [4.69, 9.17) is 0 Å². The van der Waals surface area contributed by atoms with Crippen molar-refractivity contribution in [2.24, 2.45) is 0 Å². The average Bonchev–Trinajstić information content (AvgIpc) is 3.36. The summed E-state index contributed by atoms with van der Waals surface area (Å²) in [6, 6.07) is 16.2. The lowest BCUT2D eigenvalue weighted by Crippen LogP contribution is -2.42. The minimum Gasteiger partial charge on any atom is -0.480 e. The van der Waals surface area contributed by atoms with Gasteiger partial charge in [-0.2, -0.15) is 4.72 Å². The Morgan fingerprint density at radius 3 is 2.26 bits per heavy atom. The van der Waals surface area contributed by atoms with E-state index >= 15 is 0 Å². The zero-order valence-electron chi connectivity index (χ0n) is 21.6. The molecule has 1 atom stereocenters. The molecule has 1 aromatic heterocycles. The van der Waals surface area contributed by atoms with Crippen molar-refractivity contribution in [3.05, 3.63) is 94.5 Å². The predicted octanol–water partition coefficient (Wildman–Crippen LogP) is 5.35. The summed E-state index contributed by atoms with van der Waals surface area (Å²) in [4.78, 5) is 28.3. The first-order chi connectivity index (χ1) is 18.5. The Hall–Kier alpha value is -4.06. The molecule has 0 aliphatic carbocycles. The first-order valence-corrected chi connectivity index (χ1v) is 14.4. The molecule has 0 saturated heterocycles. The van der Waals surface area contributed by atoms with Gasteiger partial charge in [0.05, 0.1) is 4.90 Å². The molecule has 39 heavy (non-hydrogen) atoms. The van der Waals surface area contributed by atoms with Crippen molar-refractivity contribution in [3.8, 4) is 11.1 Å². The number of aliphatic carboxylic acids is 1. The van der Waals surface area contributed by atoms with Crippen LogP contribution in [0.1, 0.15) is 22.3 Å². The van der Waals surface area contributed by atoms with Crippen molar-refractivity contribution in [2.75, 3.05) is 10.6 Å². The van der Waals surface area contributed by atoms with E-state index in [2.05, 4.69) is 20.3 Å². The number of rotatable bonds is 9. The molecule has 4 rings (SSSR count). The molecular formula is C28H28N4O5S2. The number of hydrogen-bond donors (Lipinski definition) is 4. The van der Waals surface area contributed by atoms with Crippen molar-refractivity contribution in [1.82, 2.24) is 9.71 Å². The molecule has 0 saturated carbocycles. The van der Waals surface area contributed by atoms with E-state index in [-0.39, 0.29) is 11.3 Å². The lowest BCUT2D eigenvalue weighted by molar-refractivity contribution is -0.138. The maximum Gasteiger partial charge on any atom is 0.325 e. The molecule has 0 spiro atoms. The fraction of sp³-hybridized carbons (Fsp3) is 0.179. The molecule has 4 aromatic rings. The number of carbonyl (C=O) groups excluding carboxylic acids is 1. The van der Waals surface area contributed by atoms with Crippen LogP contribution in [-0.2, 0) is 21.2 Å². The number of thiazole rings is 1. The van der Waals surface area contributed by atoms with Gasteiger partial charge in [0.2, 0.25) is 10.0 Å². The molecule has 1 heterocycles. The van der Waals surface area contributed by atoms with Gasteiger partial charge in [-0.3, -0.25) is 10.1 Å². The normalized spacial score (nSPS) is 12.1. The summed E-state index contributed by atoms with van der Waals surface area (Å²) in [7, 11) is -4.06. The van der Waals surface area contributed by atoms with Crippen LogP contribution >= 0.6 is 11.3 Å². The molecule has 0 aliphatic rings. The maximum absolute atomic E-state index is 13.1.